The number of carbonyl (C=O) groups is 1. The van der Waals surface area contributed by atoms with Gasteiger partial charge in [-0.15, -0.1) is 0 Å². The molecule has 0 aliphatic carbocycles. The van der Waals surface area contributed by atoms with Crippen LogP contribution in [0.15, 0.2) is 23.2 Å². The van der Waals surface area contributed by atoms with E-state index in [0.29, 0.717) is 5.84 Å². The quantitative estimate of drug-likeness (QED) is 0.905. The van der Waals surface area contributed by atoms with E-state index in [-0.39, 0.29) is 23.9 Å². The summed E-state index contributed by atoms with van der Waals surface area (Å²) in [5.41, 5.74) is 0.214. The molecular weight excluding hydrogens is 262 g/mol. The molecule has 108 valence electrons. The van der Waals surface area contributed by atoms with E-state index in [1.165, 1.54) is 12.1 Å². The standard InChI is InChI=1S/C15H18F2N2O/c1-3-5-13-18-9(2)11(15(20)19-13)8-10-6-4-7-12(16)14(10)17/h4,6-7,9,11H,3,5,8H2,1-2H3,(H,18,19,20). The summed E-state index contributed by atoms with van der Waals surface area (Å²) in [5, 5.41) is 2.75. The Morgan fingerprint density at radius 1 is 1.35 bits per heavy atom. The summed E-state index contributed by atoms with van der Waals surface area (Å²) in [6.07, 6.45) is 1.77. The van der Waals surface area contributed by atoms with Crippen LogP contribution >= 0.6 is 0 Å². The van der Waals surface area contributed by atoms with E-state index in [4.69, 9.17) is 0 Å². The molecule has 2 unspecified atom stereocenters. The number of rotatable bonds is 4. The van der Waals surface area contributed by atoms with Gasteiger partial charge in [0.1, 0.15) is 5.84 Å². The smallest absolute Gasteiger partial charge is 0.230 e. The van der Waals surface area contributed by atoms with E-state index >= 15 is 0 Å². The van der Waals surface area contributed by atoms with Gasteiger partial charge in [0.25, 0.3) is 0 Å². The molecule has 5 heteroatoms. The van der Waals surface area contributed by atoms with Crippen LogP contribution in [-0.2, 0) is 11.2 Å². The van der Waals surface area contributed by atoms with Crippen molar-refractivity contribution >= 4 is 11.7 Å². The molecule has 2 rings (SSSR count). The van der Waals surface area contributed by atoms with Crippen molar-refractivity contribution in [2.24, 2.45) is 10.9 Å². The molecule has 1 aliphatic heterocycles. The lowest BCUT2D eigenvalue weighted by Gasteiger charge is -2.27. The minimum absolute atomic E-state index is 0.152. The average molecular weight is 280 g/mol. The van der Waals surface area contributed by atoms with Gasteiger partial charge in [0, 0.05) is 6.42 Å². The van der Waals surface area contributed by atoms with Crippen LogP contribution in [0.2, 0.25) is 0 Å². The number of hydrogen-bond donors (Lipinski definition) is 1. The summed E-state index contributed by atoms with van der Waals surface area (Å²) in [5.74, 6) is -1.72. The molecule has 0 saturated carbocycles. The Hall–Kier alpha value is -1.78. The van der Waals surface area contributed by atoms with Crippen LogP contribution in [0, 0.1) is 17.6 Å². The first-order chi connectivity index (χ1) is 9.52. The molecule has 20 heavy (non-hydrogen) atoms. The molecule has 1 amide bonds. The largest absolute Gasteiger partial charge is 0.314 e. The summed E-state index contributed by atoms with van der Waals surface area (Å²) in [6.45, 7) is 3.84. The van der Waals surface area contributed by atoms with Crippen LogP contribution in [0.3, 0.4) is 0 Å². The first-order valence-corrected chi connectivity index (χ1v) is 6.83. The minimum atomic E-state index is -0.887. The number of nitrogens with zero attached hydrogens (tertiary/aromatic N) is 1. The van der Waals surface area contributed by atoms with Crippen molar-refractivity contribution in [3.63, 3.8) is 0 Å². The lowest BCUT2D eigenvalue weighted by Crippen LogP contribution is -2.45. The van der Waals surface area contributed by atoms with Gasteiger partial charge in [-0.05, 0) is 31.4 Å². The molecule has 1 aromatic rings. The average Bonchev–Trinajstić information content (AvgIpc) is 2.39. The van der Waals surface area contributed by atoms with Crippen molar-refractivity contribution < 1.29 is 13.6 Å². The monoisotopic (exact) mass is 280 g/mol. The van der Waals surface area contributed by atoms with Crippen molar-refractivity contribution in [2.45, 2.75) is 39.2 Å². The van der Waals surface area contributed by atoms with Gasteiger partial charge in [-0.25, -0.2) is 8.78 Å². The number of amidine groups is 1. The molecular formula is C15H18F2N2O. The molecule has 0 bridgehead atoms. The first-order valence-electron chi connectivity index (χ1n) is 6.83. The molecule has 1 heterocycles. The van der Waals surface area contributed by atoms with Crippen molar-refractivity contribution in [3.05, 3.63) is 35.4 Å². The van der Waals surface area contributed by atoms with Gasteiger partial charge >= 0.3 is 0 Å². The molecule has 1 N–H and O–H groups in total. The third-order valence-corrected chi connectivity index (χ3v) is 3.50. The van der Waals surface area contributed by atoms with Crippen LogP contribution in [0.5, 0.6) is 0 Å². The van der Waals surface area contributed by atoms with Crippen LogP contribution in [-0.4, -0.2) is 17.8 Å². The zero-order valence-corrected chi connectivity index (χ0v) is 11.6. The van der Waals surface area contributed by atoms with E-state index in [1.54, 1.807) is 0 Å². The Labute approximate surface area is 117 Å². The number of aliphatic imine (C=N–C) groups is 1. The van der Waals surface area contributed by atoms with E-state index in [2.05, 4.69) is 10.3 Å². The summed E-state index contributed by atoms with van der Waals surface area (Å²) < 4.78 is 26.9. The van der Waals surface area contributed by atoms with E-state index in [1.807, 2.05) is 13.8 Å². The highest BCUT2D eigenvalue weighted by molar-refractivity contribution is 6.01. The maximum Gasteiger partial charge on any atom is 0.230 e. The second-order valence-electron chi connectivity index (χ2n) is 5.08. The van der Waals surface area contributed by atoms with Crippen LogP contribution in [0.1, 0.15) is 32.3 Å². The molecule has 1 aliphatic rings. The number of benzene rings is 1. The second kappa shape index (κ2) is 6.11. The van der Waals surface area contributed by atoms with Gasteiger partial charge in [-0.2, -0.15) is 0 Å². The molecule has 0 fully saturated rings. The Morgan fingerprint density at radius 3 is 2.75 bits per heavy atom. The summed E-state index contributed by atoms with van der Waals surface area (Å²) >= 11 is 0. The normalized spacial score (nSPS) is 22.4. The van der Waals surface area contributed by atoms with Gasteiger partial charge < -0.3 is 5.32 Å². The zero-order chi connectivity index (χ0) is 14.7. The SMILES string of the molecule is CCCC1=NC(C)C(Cc2cccc(F)c2F)C(=O)N1. The summed E-state index contributed by atoms with van der Waals surface area (Å²) in [6, 6.07) is 3.79. The van der Waals surface area contributed by atoms with Gasteiger partial charge in [0.2, 0.25) is 5.91 Å². The van der Waals surface area contributed by atoms with Crippen LogP contribution in [0.4, 0.5) is 8.78 Å². The maximum atomic E-state index is 13.7. The minimum Gasteiger partial charge on any atom is -0.314 e. The number of nitrogens with one attached hydrogen (secondary N) is 1. The van der Waals surface area contributed by atoms with Gasteiger partial charge in [-0.3, -0.25) is 9.79 Å². The molecule has 3 nitrogen and oxygen atoms in total. The molecule has 1 aromatic carbocycles. The van der Waals surface area contributed by atoms with Crippen LogP contribution < -0.4 is 5.32 Å². The predicted octanol–water partition coefficient (Wildman–Crippen LogP) is 2.84. The number of hydrogen-bond acceptors (Lipinski definition) is 2. The maximum absolute atomic E-state index is 13.7. The van der Waals surface area contributed by atoms with E-state index < -0.39 is 17.6 Å². The topological polar surface area (TPSA) is 41.5 Å². The van der Waals surface area contributed by atoms with Crippen molar-refractivity contribution in [1.82, 2.24) is 5.32 Å². The lowest BCUT2D eigenvalue weighted by atomic mass is 9.90. The van der Waals surface area contributed by atoms with Crippen LogP contribution in [0.25, 0.3) is 0 Å². The molecule has 0 radical (unpaired) electrons. The van der Waals surface area contributed by atoms with Crippen molar-refractivity contribution in [2.75, 3.05) is 0 Å². The number of amides is 1. The third kappa shape index (κ3) is 3.03. The molecule has 0 spiro atoms. The molecule has 2 atom stereocenters. The van der Waals surface area contributed by atoms with Gasteiger partial charge in [0.05, 0.1) is 12.0 Å². The van der Waals surface area contributed by atoms with Gasteiger partial charge in [0.15, 0.2) is 11.6 Å². The van der Waals surface area contributed by atoms with E-state index in [0.717, 1.165) is 18.9 Å². The number of halogens is 2. The molecule has 0 saturated heterocycles. The fraction of sp³-hybridized carbons (Fsp3) is 0.467. The summed E-state index contributed by atoms with van der Waals surface area (Å²) in [7, 11) is 0. The highest BCUT2D eigenvalue weighted by Gasteiger charge is 2.31. The first kappa shape index (κ1) is 14.6. The summed E-state index contributed by atoms with van der Waals surface area (Å²) in [4.78, 5) is 16.5. The van der Waals surface area contributed by atoms with Crippen molar-refractivity contribution in [3.8, 4) is 0 Å². The Kier molecular flexibility index (Phi) is 4.47. The number of carbonyl (C=O) groups excluding carboxylic acids is 1. The third-order valence-electron chi connectivity index (χ3n) is 3.50. The lowest BCUT2D eigenvalue weighted by molar-refractivity contribution is -0.124. The fourth-order valence-corrected chi connectivity index (χ4v) is 2.39. The van der Waals surface area contributed by atoms with Crippen molar-refractivity contribution in [1.29, 1.82) is 0 Å². The Balaban J connectivity index is 2.17. The second-order valence-corrected chi connectivity index (χ2v) is 5.08. The predicted molar refractivity (Wildman–Crippen MR) is 73.5 cm³/mol. The highest BCUT2D eigenvalue weighted by Crippen LogP contribution is 2.22. The fourth-order valence-electron chi connectivity index (χ4n) is 2.39. The highest BCUT2D eigenvalue weighted by atomic mass is 19.2. The van der Waals surface area contributed by atoms with E-state index in [9.17, 15) is 13.6 Å². The Morgan fingerprint density at radius 2 is 2.10 bits per heavy atom. The van der Waals surface area contributed by atoms with Gasteiger partial charge in [-0.1, -0.05) is 19.1 Å². The molecule has 0 aromatic heterocycles. The Bertz CT molecular complexity index is 543. The zero-order valence-electron chi connectivity index (χ0n) is 11.6.